The molecule has 2 rings (SSSR count). The Hall–Kier alpha value is -1.43. The van der Waals surface area contributed by atoms with E-state index < -0.39 is 0 Å². The number of carbonyl (C=O) groups is 1. The lowest BCUT2D eigenvalue weighted by atomic mass is 10.1. The van der Waals surface area contributed by atoms with Crippen molar-refractivity contribution in [1.82, 2.24) is 10.2 Å². The molecule has 1 amide bonds. The van der Waals surface area contributed by atoms with Crippen LogP contribution in [0.15, 0.2) is 24.3 Å². The number of carbonyl (C=O) groups excluding carboxylic acids is 1. The van der Waals surface area contributed by atoms with Gasteiger partial charge >= 0.3 is 0 Å². The van der Waals surface area contributed by atoms with Gasteiger partial charge in [-0.25, -0.2) is 0 Å². The van der Waals surface area contributed by atoms with Crippen molar-refractivity contribution in [2.75, 3.05) is 33.3 Å². The fourth-order valence-electron chi connectivity index (χ4n) is 2.28. The van der Waals surface area contributed by atoms with Crippen LogP contribution in [0.4, 0.5) is 0 Å². The van der Waals surface area contributed by atoms with Gasteiger partial charge in [-0.1, -0.05) is 12.1 Å². The monoisotopic (exact) mass is 263 g/mol. The molecule has 1 fully saturated rings. The molecular formula is C14H21N3O2. The molecule has 1 saturated heterocycles. The molecule has 0 bridgehead atoms. The Morgan fingerprint density at radius 2 is 2.42 bits per heavy atom. The van der Waals surface area contributed by atoms with Gasteiger partial charge in [-0.3, -0.25) is 9.69 Å². The van der Waals surface area contributed by atoms with Crippen molar-refractivity contribution in [1.29, 1.82) is 0 Å². The van der Waals surface area contributed by atoms with E-state index in [1.54, 1.807) is 6.07 Å². The van der Waals surface area contributed by atoms with E-state index in [-0.39, 0.29) is 12.0 Å². The summed E-state index contributed by atoms with van der Waals surface area (Å²) in [4.78, 5) is 13.3. The number of nitrogens with zero attached hydrogens (tertiary/aromatic N) is 1. The molecule has 3 N–H and O–H groups in total. The Labute approximate surface area is 113 Å². The Bertz CT molecular complexity index is 430. The van der Waals surface area contributed by atoms with E-state index in [0.717, 1.165) is 38.3 Å². The van der Waals surface area contributed by atoms with Gasteiger partial charge in [0, 0.05) is 31.7 Å². The number of nitrogens with one attached hydrogen (secondary N) is 1. The van der Waals surface area contributed by atoms with Crippen LogP contribution in [0.1, 0.15) is 15.9 Å². The minimum absolute atomic E-state index is 0.234. The van der Waals surface area contributed by atoms with E-state index in [0.29, 0.717) is 5.56 Å². The summed E-state index contributed by atoms with van der Waals surface area (Å²) in [7, 11) is 2.05. The van der Waals surface area contributed by atoms with E-state index in [1.807, 2.05) is 18.2 Å². The van der Waals surface area contributed by atoms with Crippen LogP contribution in [0.25, 0.3) is 0 Å². The lowest BCUT2D eigenvalue weighted by Gasteiger charge is -2.28. The third-order valence-electron chi connectivity index (χ3n) is 3.18. The van der Waals surface area contributed by atoms with Gasteiger partial charge in [-0.05, 0) is 24.7 Å². The molecule has 0 aliphatic carbocycles. The number of rotatable bonds is 5. The van der Waals surface area contributed by atoms with E-state index in [1.165, 1.54) is 0 Å². The summed E-state index contributed by atoms with van der Waals surface area (Å²) in [6.45, 7) is 4.25. The minimum atomic E-state index is -0.385. The van der Waals surface area contributed by atoms with Gasteiger partial charge in [0.2, 0.25) is 5.91 Å². The molecular weight excluding hydrogens is 242 g/mol. The van der Waals surface area contributed by atoms with Crippen LogP contribution >= 0.6 is 0 Å². The molecule has 1 aliphatic rings. The lowest BCUT2D eigenvalue weighted by Crippen LogP contribution is -2.44. The molecule has 1 aromatic carbocycles. The molecule has 5 nitrogen and oxygen atoms in total. The van der Waals surface area contributed by atoms with Crippen LogP contribution in [-0.2, 0) is 11.3 Å². The molecule has 1 aromatic rings. The van der Waals surface area contributed by atoms with Crippen LogP contribution in [0.2, 0.25) is 0 Å². The fourth-order valence-corrected chi connectivity index (χ4v) is 2.28. The number of nitrogens with two attached hydrogens (primary N) is 1. The smallest absolute Gasteiger partial charge is 0.248 e. The highest BCUT2D eigenvalue weighted by atomic mass is 16.5. The molecule has 1 heterocycles. The van der Waals surface area contributed by atoms with Crippen LogP contribution in [-0.4, -0.2) is 50.2 Å². The maximum Gasteiger partial charge on any atom is 0.248 e. The van der Waals surface area contributed by atoms with E-state index in [9.17, 15) is 4.79 Å². The second-order valence-electron chi connectivity index (χ2n) is 4.96. The first-order valence-electron chi connectivity index (χ1n) is 6.55. The van der Waals surface area contributed by atoms with Crippen molar-refractivity contribution >= 4 is 5.91 Å². The van der Waals surface area contributed by atoms with Crippen molar-refractivity contribution in [3.63, 3.8) is 0 Å². The van der Waals surface area contributed by atoms with Crippen molar-refractivity contribution in [3.8, 4) is 0 Å². The molecule has 1 atom stereocenters. The van der Waals surface area contributed by atoms with Crippen molar-refractivity contribution < 1.29 is 9.53 Å². The predicted molar refractivity (Wildman–Crippen MR) is 73.9 cm³/mol. The zero-order chi connectivity index (χ0) is 13.7. The maximum absolute atomic E-state index is 11.1. The predicted octanol–water partition coefficient (Wildman–Crippen LogP) is 0.206. The normalized spacial score (nSPS) is 19.6. The van der Waals surface area contributed by atoms with Crippen molar-refractivity contribution in [2.45, 2.75) is 12.6 Å². The summed E-state index contributed by atoms with van der Waals surface area (Å²) < 4.78 is 5.67. The van der Waals surface area contributed by atoms with Gasteiger partial charge in [0.05, 0.1) is 12.7 Å². The Morgan fingerprint density at radius 1 is 1.58 bits per heavy atom. The van der Waals surface area contributed by atoms with Gasteiger partial charge < -0.3 is 15.8 Å². The summed E-state index contributed by atoms with van der Waals surface area (Å²) >= 11 is 0. The number of amides is 1. The van der Waals surface area contributed by atoms with E-state index in [2.05, 4.69) is 17.3 Å². The fraction of sp³-hybridized carbons (Fsp3) is 0.500. The Morgan fingerprint density at radius 3 is 3.11 bits per heavy atom. The van der Waals surface area contributed by atoms with Crippen LogP contribution in [0.3, 0.4) is 0 Å². The highest BCUT2D eigenvalue weighted by Gasteiger charge is 2.15. The molecule has 0 aromatic heterocycles. The second kappa shape index (κ2) is 6.65. The number of hydrogen-bond acceptors (Lipinski definition) is 4. The second-order valence-corrected chi connectivity index (χ2v) is 4.96. The average molecular weight is 263 g/mol. The highest BCUT2D eigenvalue weighted by Crippen LogP contribution is 2.08. The van der Waals surface area contributed by atoms with Crippen molar-refractivity contribution in [2.24, 2.45) is 5.73 Å². The van der Waals surface area contributed by atoms with Gasteiger partial charge in [-0.15, -0.1) is 0 Å². The first-order valence-corrected chi connectivity index (χ1v) is 6.55. The van der Waals surface area contributed by atoms with Crippen molar-refractivity contribution in [3.05, 3.63) is 35.4 Å². The topological polar surface area (TPSA) is 67.6 Å². The lowest BCUT2D eigenvalue weighted by molar-refractivity contribution is 0.00884. The first kappa shape index (κ1) is 14.0. The molecule has 19 heavy (non-hydrogen) atoms. The van der Waals surface area contributed by atoms with Gasteiger partial charge in [0.15, 0.2) is 0 Å². The SMILES string of the molecule is CN(Cc1cccc(C(N)=O)c1)CC1CNCCO1. The number of ether oxygens (including phenoxy) is 1. The average Bonchev–Trinajstić information content (AvgIpc) is 2.40. The Kier molecular flexibility index (Phi) is 4.90. The number of benzene rings is 1. The zero-order valence-electron chi connectivity index (χ0n) is 11.3. The third kappa shape index (κ3) is 4.31. The summed E-state index contributed by atoms with van der Waals surface area (Å²) in [6, 6.07) is 7.45. The van der Waals surface area contributed by atoms with Crippen LogP contribution < -0.4 is 11.1 Å². The molecule has 5 heteroatoms. The van der Waals surface area contributed by atoms with E-state index in [4.69, 9.17) is 10.5 Å². The summed E-state index contributed by atoms with van der Waals surface area (Å²) in [5.41, 5.74) is 6.92. The van der Waals surface area contributed by atoms with Crippen LogP contribution in [0.5, 0.6) is 0 Å². The highest BCUT2D eigenvalue weighted by molar-refractivity contribution is 5.92. The Balaban J connectivity index is 1.88. The molecule has 104 valence electrons. The molecule has 1 unspecified atom stereocenters. The largest absolute Gasteiger partial charge is 0.374 e. The number of likely N-dealkylation sites (N-methyl/N-ethyl adjacent to an activating group) is 1. The van der Waals surface area contributed by atoms with Gasteiger partial charge in [-0.2, -0.15) is 0 Å². The van der Waals surface area contributed by atoms with Gasteiger partial charge in [0.1, 0.15) is 0 Å². The number of primary amides is 1. The molecule has 0 radical (unpaired) electrons. The number of morpholine rings is 1. The zero-order valence-corrected chi connectivity index (χ0v) is 11.3. The summed E-state index contributed by atoms with van der Waals surface area (Å²) in [5.74, 6) is -0.385. The molecule has 0 spiro atoms. The summed E-state index contributed by atoms with van der Waals surface area (Å²) in [5, 5.41) is 3.32. The minimum Gasteiger partial charge on any atom is -0.374 e. The standard InChI is InChI=1S/C14H21N3O2/c1-17(10-13-8-16-5-6-19-13)9-11-3-2-4-12(7-11)14(15)18/h2-4,7,13,16H,5-6,8-10H2,1H3,(H2,15,18). The number of hydrogen-bond donors (Lipinski definition) is 2. The quantitative estimate of drug-likeness (QED) is 0.796. The summed E-state index contributed by atoms with van der Waals surface area (Å²) in [6.07, 6.45) is 0.234. The third-order valence-corrected chi connectivity index (χ3v) is 3.18. The molecule has 1 aliphatic heterocycles. The maximum atomic E-state index is 11.1. The van der Waals surface area contributed by atoms with Gasteiger partial charge in [0.25, 0.3) is 0 Å². The molecule has 0 saturated carbocycles. The van der Waals surface area contributed by atoms with E-state index >= 15 is 0 Å². The van der Waals surface area contributed by atoms with Crippen LogP contribution in [0, 0.1) is 0 Å². The first-order chi connectivity index (χ1) is 9.15.